The minimum absolute atomic E-state index is 0. The van der Waals surface area contributed by atoms with Gasteiger partial charge in [-0.25, -0.2) is 13.8 Å². The molecular formula is C20H26F2IN3O3. The van der Waals surface area contributed by atoms with E-state index in [0.717, 1.165) is 23.8 Å². The summed E-state index contributed by atoms with van der Waals surface area (Å²) < 4.78 is 43.2. The molecule has 0 aliphatic heterocycles. The molecule has 0 amide bonds. The molecule has 0 fully saturated rings. The third-order valence-corrected chi connectivity index (χ3v) is 3.99. The van der Waals surface area contributed by atoms with Gasteiger partial charge in [0.1, 0.15) is 11.6 Å². The second-order valence-corrected chi connectivity index (χ2v) is 5.78. The van der Waals surface area contributed by atoms with Crippen LogP contribution in [0.25, 0.3) is 0 Å². The third kappa shape index (κ3) is 6.62. The Morgan fingerprint density at radius 2 is 1.66 bits per heavy atom. The van der Waals surface area contributed by atoms with Crippen molar-refractivity contribution in [2.24, 2.45) is 4.99 Å². The fourth-order valence-electron chi connectivity index (χ4n) is 2.65. The largest absolute Gasteiger partial charge is 0.493 e. The van der Waals surface area contributed by atoms with Gasteiger partial charge in [0.15, 0.2) is 17.5 Å². The number of methoxy groups -OCH3 is 3. The van der Waals surface area contributed by atoms with E-state index in [2.05, 4.69) is 15.6 Å². The molecule has 0 aliphatic rings. The van der Waals surface area contributed by atoms with Gasteiger partial charge in [0.25, 0.3) is 0 Å². The smallest absolute Gasteiger partial charge is 0.203 e. The zero-order chi connectivity index (χ0) is 20.5. The molecule has 2 rings (SSSR count). The van der Waals surface area contributed by atoms with E-state index in [9.17, 15) is 8.78 Å². The quantitative estimate of drug-likeness (QED) is 0.314. The first kappa shape index (κ1) is 24.7. The highest BCUT2D eigenvalue weighted by Crippen LogP contribution is 2.39. The van der Waals surface area contributed by atoms with Crippen molar-refractivity contribution in [2.75, 3.05) is 27.9 Å². The first-order chi connectivity index (χ1) is 13.5. The maximum Gasteiger partial charge on any atom is 0.203 e. The van der Waals surface area contributed by atoms with Gasteiger partial charge < -0.3 is 24.8 Å². The molecule has 0 unspecified atom stereocenters. The number of ether oxygens (including phenoxy) is 3. The van der Waals surface area contributed by atoms with E-state index < -0.39 is 11.6 Å². The summed E-state index contributed by atoms with van der Waals surface area (Å²) in [5, 5.41) is 6.22. The summed E-state index contributed by atoms with van der Waals surface area (Å²) in [6, 6.07) is 6.94. The Balaban J connectivity index is 0.00000420. The Morgan fingerprint density at radius 3 is 2.28 bits per heavy atom. The van der Waals surface area contributed by atoms with E-state index in [0.29, 0.717) is 36.3 Å². The van der Waals surface area contributed by atoms with Crippen LogP contribution in [0.5, 0.6) is 17.2 Å². The average Bonchev–Trinajstić information content (AvgIpc) is 2.71. The highest BCUT2D eigenvalue weighted by molar-refractivity contribution is 14.0. The van der Waals surface area contributed by atoms with Gasteiger partial charge in [-0.3, -0.25) is 0 Å². The zero-order valence-electron chi connectivity index (χ0n) is 16.8. The van der Waals surface area contributed by atoms with E-state index in [1.54, 1.807) is 20.3 Å². The molecule has 0 saturated heterocycles. The van der Waals surface area contributed by atoms with Crippen LogP contribution in [-0.2, 0) is 13.1 Å². The van der Waals surface area contributed by atoms with Crippen LogP contribution in [0.15, 0.2) is 35.3 Å². The van der Waals surface area contributed by atoms with Gasteiger partial charge in [-0.1, -0.05) is 0 Å². The number of hydrogen-bond acceptors (Lipinski definition) is 4. The summed E-state index contributed by atoms with van der Waals surface area (Å²) >= 11 is 0. The second kappa shape index (κ2) is 12.3. The SMILES string of the molecule is CCNC(=NCc1cc(F)ccc1F)NCc1ccc(OC)c(OC)c1OC.I. The van der Waals surface area contributed by atoms with Gasteiger partial charge in [0.2, 0.25) is 5.75 Å². The summed E-state index contributed by atoms with van der Waals surface area (Å²) in [7, 11) is 4.64. The predicted octanol–water partition coefficient (Wildman–Crippen LogP) is 3.86. The van der Waals surface area contributed by atoms with Crippen molar-refractivity contribution < 1.29 is 23.0 Å². The summed E-state index contributed by atoms with van der Waals surface area (Å²) in [5.74, 6) is 1.06. The molecule has 0 bridgehead atoms. The molecule has 2 aromatic carbocycles. The minimum atomic E-state index is -0.500. The van der Waals surface area contributed by atoms with Crippen molar-refractivity contribution in [1.29, 1.82) is 0 Å². The Kier molecular flexibility index (Phi) is 10.5. The van der Waals surface area contributed by atoms with Crippen molar-refractivity contribution in [3.05, 3.63) is 53.1 Å². The molecule has 0 saturated carbocycles. The number of nitrogens with zero attached hydrogens (tertiary/aromatic N) is 1. The highest BCUT2D eigenvalue weighted by atomic mass is 127. The normalized spacial score (nSPS) is 10.8. The van der Waals surface area contributed by atoms with E-state index in [1.165, 1.54) is 7.11 Å². The molecule has 2 aromatic rings. The lowest BCUT2D eigenvalue weighted by Crippen LogP contribution is -2.36. The number of rotatable bonds is 8. The van der Waals surface area contributed by atoms with Crippen LogP contribution < -0.4 is 24.8 Å². The molecule has 0 radical (unpaired) electrons. The Bertz CT molecular complexity index is 835. The van der Waals surface area contributed by atoms with E-state index >= 15 is 0 Å². The maximum absolute atomic E-state index is 13.8. The minimum Gasteiger partial charge on any atom is -0.493 e. The number of aliphatic imine (C=N–C) groups is 1. The van der Waals surface area contributed by atoms with Crippen LogP contribution in [0.4, 0.5) is 8.78 Å². The van der Waals surface area contributed by atoms with Gasteiger partial charge in [-0.15, -0.1) is 24.0 Å². The lowest BCUT2D eigenvalue weighted by atomic mass is 10.1. The number of halogens is 3. The molecule has 160 valence electrons. The number of guanidine groups is 1. The van der Waals surface area contributed by atoms with Gasteiger partial charge >= 0.3 is 0 Å². The first-order valence-corrected chi connectivity index (χ1v) is 8.77. The molecular weight excluding hydrogens is 495 g/mol. The van der Waals surface area contributed by atoms with Crippen LogP contribution in [0, 0.1) is 11.6 Å². The van der Waals surface area contributed by atoms with Crippen LogP contribution >= 0.6 is 24.0 Å². The van der Waals surface area contributed by atoms with Crippen LogP contribution in [0.2, 0.25) is 0 Å². The molecule has 29 heavy (non-hydrogen) atoms. The Hall–Kier alpha value is -2.30. The summed E-state index contributed by atoms with van der Waals surface area (Å²) in [4.78, 5) is 4.32. The lowest BCUT2D eigenvalue weighted by molar-refractivity contribution is 0.322. The van der Waals surface area contributed by atoms with Gasteiger partial charge in [0, 0.05) is 24.2 Å². The number of benzene rings is 2. The summed E-state index contributed by atoms with van der Waals surface area (Å²) in [6.07, 6.45) is 0. The zero-order valence-corrected chi connectivity index (χ0v) is 19.2. The molecule has 2 N–H and O–H groups in total. The highest BCUT2D eigenvalue weighted by Gasteiger charge is 2.16. The van der Waals surface area contributed by atoms with Crippen LogP contribution in [0.3, 0.4) is 0 Å². The fraction of sp³-hybridized carbons (Fsp3) is 0.350. The Morgan fingerprint density at radius 1 is 0.931 bits per heavy atom. The number of nitrogens with one attached hydrogen (secondary N) is 2. The average molecular weight is 521 g/mol. The van der Waals surface area contributed by atoms with E-state index in [4.69, 9.17) is 14.2 Å². The molecule has 0 atom stereocenters. The van der Waals surface area contributed by atoms with Crippen LogP contribution in [-0.4, -0.2) is 33.8 Å². The topological polar surface area (TPSA) is 64.1 Å². The van der Waals surface area contributed by atoms with E-state index in [-0.39, 0.29) is 36.1 Å². The van der Waals surface area contributed by atoms with Crippen LogP contribution in [0.1, 0.15) is 18.1 Å². The second-order valence-electron chi connectivity index (χ2n) is 5.78. The summed E-state index contributed by atoms with van der Waals surface area (Å²) in [5.41, 5.74) is 1.00. The van der Waals surface area contributed by atoms with Crippen molar-refractivity contribution in [2.45, 2.75) is 20.0 Å². The Labute approximate surface area is 186 Å². The van der Waals surface area contributed by atoms with E-state index in [1.807, 2.05) is 13.0 Å². The molecule has 6 nitrogen and oxygen atoms in total. The predicted molar refractivity (Wildman–Crippen MR) is 120 cm³/mol. The first-order valence-electron chi connectivity index (χ1n) is 8.77. The van der Waals surface area contributed by atoms with Gasteiger partial charge in [-0.2, -0.15) is 0 Å². The molecule has 0 aliphatic carbocycles. The van der Waals surface area contributed by atoms with Crippen molar-refractivity contribution in [1.82, 2.24) is 10.6 Å². The molecule has 0 heterocycles. The van der Waals surface area contributed by atoms with Crippen molar-refractivity contribution in [3.63, 3.8) is 0 Å². The summed E-state index contributed by atoms with van der Waals surface area (Å²) in [6.45, 7) is 2.90. The fourth-order valence-corrected chi connectivity index (χ4v) is 2.65. The monoisotopic (exact) mass is 521 g/mol. The van der Waals surface area contributed by atoms with Gasteiger partial charge in [0.05, 0.1) is 27.9 Å². The standard InChI is InChI=1S/C20H25F2N3O3.HI/c1-5-23-20(25-12-14-10-15(21)7-8-16(14)22)24-11-13-6-9-17(26-2)19(28-4)18(13)27-3;/h6-10H,5,11-12H2,1-4H3,(H2,23,24,25);1H. The van der Waals surface area contributed by atoms with Crippen molar-refractivity contribution in [3.8, 4) is 17.2 Å². The maximum atomic E-state index is 13.8. The third-order valence-electron chi connectivity index (χ3n) is 3.99. The number of hydrogen-bond donors (Lipinski definition) is 2. The van der Waals surface area contributed by atoms with Gasteiger partial charge in [-0.05, 0) is 37.3 Å². The molecule has 9 heteroatoms. The van der Waals surface area contributed by atoms with Crippen molar-refractivity contribution >= 4 is 29.9 Å². The molecule has 0 aromatic heterocycles. The molecule has 0 spiro atoms. The lowest BCUT2D eigenvalue weighted by Gasteiger charge is -2.17.